The summed E-state index contributed by atoms with van der Waals surface area (Å²) in [6.45, 7) is 1.96. The maximum atomic E-state index is 13.4. The van der Waals surface area contributed by atoms with Crippen LogP contribution in [0.25, 0.3) is 0 Å². The number of anilines is 1. The molecule has 0 atom stereocenters. The van der Waals surface area contributed by atoms with Gasteiger partial charge in [0, 0.05) is 36.9 Å². The molecule has 3 aromatic carbocycles. The lowest BCUT2D eigenvalue weighted by Crippen LogP contribution is -2.45. The van der Waals surface area contributed by atoms with Gasteiger partial charge in [0.25, 0.3) is 11.8 Å². The highest BCUT2D eigenvalue weighted by Gasteiger charge is 2.24. The third kappa shape index (κ3) is 6.38. The van der Waals surface area contributed by atoms with Gasteiger partial charge in [0.1, 0.15) is 11.6 Å². The van der Waals surface area contributed by atoms with Crippen LogP contribution in [0.5, 0.6) is 5.75 Å². The van der Waals surface area contributed by atoms with Crippen molar-refractivity contribution in [2.24, 2.45) is 0 Å². The maximum Gasteiger partial charge on any atom is 0.253 e. The molecule has 0 radical (unpaired) electrons. The van der Waals surface area contributed by atoms with Crippen LogP contribution in [-0.2, 0) is 6.42 Å². The molecule has 1 aliphatic rings. The van der Waals surface area contributed by atoms with E-state index in [4.69, 9.17) is 4.74 Å². The van der Waals surface area contributed by atoms with Crippen LogP contribution in [0.1, 0.15) is 39.1 Å². The van der Waals surface area contributed by atoms with Crippen LogP contribution in [0.3, 0.4) is 0 Å². The van der Waals surface area contributed by atoms with E-state index in [0.29, 0.717) is 30.8 Å². The number of benzene rings is 3. The smallest absolute Gasteiger partial charge is 0.253 e. The Morgan fingerprint density at radius 2 is 1.71 bits per heavy atom. The minimum Gasteiger partial charge on any atom is -0.497 e. The average Bonchev–Trinajstić information content (AvgIpc) is 2.89. The highest BCUT2D eigenvalue weighted by atomic mass is 19.1. The van der Waals surface area contributed by atoms with Crippen molar-refractivity contribution in [3.05, 3.63) is 95.3 Å². The molecule has 0 unspecified atom stereocenters. The van der Waals surface area contributed by atoms with E-state index in [1.54, 1.807) is 13.2 Å². The standard InChI is InChI=1S/C28H30FN3O3/c1-35-24-11-9-20(10-12-24)13-16-30-28(34)25-7-2-3-8-26(25)32-17-14-23(15-18-32)31-27(33)21-5-4-6-22(29)19-21/h2-12,19,23H,13-18H2,1H3,(H,30,34)(H,31,33). The van der Waals surface area contributed by atoms with E-state index in [1.165, 1.54) is 18.2 Å². The molecule has 182 valence electrons. The van der Waals surface area contributed by atoms with Gasteiger partial charge in [-0.2, -0.15) is 0 Å². The number of nitrogens with one attached hydrogen (secondary N) is 2. The molecule has 0 bridgehead atoms. The molecule has 1 aliphatic heterocycles. The molecule has 3 aromatic rings. The van der Waals surface area contributed by atoms with Gasteiger partial charge in [0.05, 0.1) is 12.7 Å². The summed E-state index contributed by atoms with van der Waals surface area (Å²) >= 11 is 0. The second-order valence-electron chi connectivity index (χ2n) is 8.62. The third-order valence-corrected chi connectivity index (χ3v) is 6.26. The van der Waals surface area contributed by atoms with Crippen LogP contribution < -0.4 is 20.3 Å². The Bertz CT molecular complexity index is 1160. The number of para-hydroxylation sites is 1. The Balaban J connectivity index is 1.30. The number of hydrogen-bond acceptors (Lipinski definition) is 4. The van der Waals surface area contributed by atoms with Gasteiger partial charge in [-0.25, -0.2) is 4.39 Å². The molecule has 0 aliphatic carbocycles. The second kappa shape index (κ2) is 11.5. The van der Waals surface area contributed by atoms with Gasteiger partial charge in [0.15, 0.2) is 0 Å². The zero-order valence-electron chi connectivity index (χ0n) is 19.8. The van der Waals surface area contributed by atoms with E-state index in [-0.39, 0.29) is 17.9 Å². The number of amides is 2. The summed E-state index contributed by atoms with van der Waals surface area (Å²) < 4.78 is 18.6. The molecule has 2 amide bonds. The van der Waals surface area contributed by atoms with Gasteiger partial charge in [-0.1, -0.05) is 30.3 Å². The maximum absolute atomic E-state index is 13.4. The van der Waals surface area contributed by atoms with Crippen molar-refractivity contribution in [2.75, 3.05) is 31.6 Å². The minimum atomic E-state index is -0.425. The molecule has 6 nitrogen and oxygen atoms in total. The first-order chi connectivity index (χ1) is 17.0. The Kier molecular flexibility index (Phi) is 7.98. The van der Waals surface area contributed by atoms with Crippen LogP contribution in [0.2, 0.25) is 0 Å². The number of rotatable bonds is 8. The van der Waals surface area contributed by atoms with Crippen LogP contribution in [0, 0.1) is 5.82 Å². The normalized spacial score (nSPS) is 13.8. The summed E-state index contributed by atoms with van der Waals surface area (Å²) in [4.78, 5) is 27.6. The summed E-state index contributed by atoms with van der Waals surface area (Å²) in [6, 6.07) is 21.1. The summed E-state index contributed by atoms with van der Waals surface area (Å²) in [5, 5.41) is 6.03. The Morgan fingerprint density at radius 3 is 2.43 bits per heavy atom. The third-order valence-electron chi connectivity index (χ3n) is 6.26. The number of methoxy groups -OCH3 is 1. The Labute approximate surface area is 205 Å². The number of nitrogens with zero attached hydrogens (tertiary/aromatic N) is 1. The molecule has 0 spiro atoms. The monoisotopic (exact) mass is 475 g/mol. The van der Waals surface area contributed by atoms with Gasteiger partial charge in [-0.3, -0.25) is 9.59 Å². The van der Waals surface area contributed by atoms with Crippen molar-refractivity contribution in [2.45, 2.75) is 25.3 Å². The minimum absolute atomic E-state index is 0.00695. The summed E-state index contributed by atoms with van der Waals surface area (Å²) in [5.74, 6) is 0.0191. The molecule has 0 aromatic heterocycles. The van der Waals surface area contributed by atoms with Gasteiger partial charge in [-0.05, 0) is 67.3 Å². The molecule has 2 N–H and O–H groups in total. The number of carbonyl (C=O) groups excluding carboxylic acids is 2. The highest BCUT2D eigenvalue weighted by Crippen LogP contribution is 2.24. The second-order valence-corrected chi connectivity index (χ2v) is 8.62. The van der Waals surface area contributed by atoms with Crippen LogP contribution in [0.4, 0.5) is 10.1 Å². The van der Waals surface area contributed by atoms with Crippen LogP contribution in [0.15, 0.2) is 72.8 Å². The largest absolute Gasteiger partial charge is 0.497 e. The van der Waals surface area contributed by atoms with E-state index in [0.717, 1.165) is 36.3 Å². The fourth-order valence-corrected chi connectivity index (χ4v) is 4.31. The zero-order valence-corrected chi connectivity index (χ0v) is 19.8. The molecule has 1 fully saturated rings. The topological polar surface area (TPSA) is 70.7 Å². The predicted octanol–water partition coefficient (Wildman–Crippen LogP) is 4.21. The molecule has 1 heterocycles. The Morgan fingerprint density at radius 1 is 0.971 bits per heavy atom. The lowest BCUT2D eigenvalue weighted by molar-refractivity contribution is 0.0929. The van der Waals surface area contributed by atoms with Crippen molar-refractivity contribution < 1.29 is 18.7 Å². The van der Waals surface area contributed by atoms with E-state index in [1.807, 2.05) is 48.5 Å². The van der Waals surface area contributed by atoms with Gasteiger partial charge in [0.2, 0.25) is 0 Å². The molecular weight excluding hydrogens is 445 g/mol. The first kappa shape index (κ1) is 24.3. The fourth-order valence-electron chi connectivity index (χ4n) is 4.31. The molecule has 1 saturated heterocycles. The molecule has 0 saturated carbocycles. The van der Waals surface area contributed by atoms with Crippen LogP contribution >= 0.6 is 0 Å². The molecule has 35 heavy (non-hydrogen) atoms. The van der Waals surface area contributed by atoms with E-state index in [2.05, 4.69) is 15.5 Å². The summed E-state index contributed by atoms with van der Waals surface area (Å²) in [5.41, 5.74) is 2.99. The number of carbonyl (C=O) groups is 2. The Hall–Kier alpha value is -3.87. The van der Waals surface area contributed by atoms with Gasteiger partial charge in [-0.15, -0.1) is 0 Å². The van der Waals surface area contributed by atoms with Crippen LogP contribution in [-0.4, -0.2) is 44.6 Å². The van der Waals surface area contributed by atoms with Crippen molar-refractivity contribution >= 4 is 17.5 Å². The summed E-state index contributed by atoms with van der Waals surface area (Å²) in [6.07, 6.45) is 2.22. The fraction of sp³-hybridized carbons (Fsp3) is 0.286. The first-order valence-electron chi connectivity index (χ1n) is 11.8. The van der Waals surface area contributed by atoms with E-state index in [9.17, 15) is 14.0 Å². The predicted molar refractivity (Wildman–Crippen MR) is 135 cm³/mol. The van der Waals surface area contributed by atoms with E-state index < -0.39 is 5.82 Å². The van der Waals surface area contributed by atoms with Crippen molar-refractivity contribution in [3.8, 4) is 5.75 Å². The highest BCUT2D eigenvalue weighted by molar-refractivity contribution is 5.99. The van der Waals surface area contributed by atoms with Crippen molar-refractivity contribution in [1.82, 2.24) is 10.6 Å². The van der Waals surface area contributed by atoms with Gasteiger partial charge < -0.3 is 20.3 Å². The molecule has 7 heteroatoms. The first-order valence-corrected chi connectivity index (χ1v) is 11.8. The summed E-state index contributed by atoms with van der Waals surface area (Å²) in [7, 11) is 1.64. The molecular formula is C28H30FN3O3. The lowest BCUT2D eigenvalue weighted by Gasteiger charge is -2.35. The van der Waals surface area contributed by atoms with Crippen molar-refractivity contribution in [3.63, 3.8) is 0 Å². The van der Waals surface area contributed by atoms with Gasteiger partial charge >= 0.3 is 0 Å². The molecule has 4 rings (SSSR count). The average molecular weight is 476 g/mol. The SMILES string of the molecule is COc1ccc(CCNC(=O)c2ccccc2N2CCC(NC(=O)c3cccc(F)c3)CC2)cc1. The number of hydrogen-bond donors (Lipinski definition) is 2. The van der Waals surface area contributed by atoms with E-state index >= 15 is 0 Å². The lowest BCUT2D eigenvalue weighted by atomic mass is 10.0. The van der Waals surface area contributed by atoms with Crippen molar-refractivity contribution in [1.29, 1.82) is 0 Å². The number of piperidine rings is 1. The zero-order chi connectivity index (χ0) is 24.6. The number of ether oxygens (including phenoxy) is 1. The number of halogens is 1. The quantitative estimate of drug-likeness (QED) is 0.512.